The van der Waals surface area contributed by atoms with E-state index in [0.29, 0.717) is 0 Å². The zero-order chi connectivity index (χ0) is 15.4. The minimum absolute atomic E-state index is 0.0153. The molecule has 106 valence electrons. The molecule has 0 aliphatic rings. The molecular formula is C13H9N3O5. The molecule has 8 heteroatoms. The number of aromatic carboxylic acids is 1. The van der Waals surface area contributed by atoms with Gasteiger partial charge in [-0.2, -0.15) is 0 Å². The monoisotopic (exact) mass is 287 g/mol. The van der Waals surface area contributed by atoms with Crippen molar-refractivity contribution in [2.45, 2.75) is 0 Å². The number of pyridine rings is 1. The molecule has 0 saturated heterocycles. The van der Waals surface area contributed by atoms with Gasteiger partial charge in [0.25, 0.3) is 11.6 Å². The van der Waals surface area contributed by atoms with Gasteiger partial charge in [-0.3, -0.25) is 19.9 Å². The third-order valence-corrected chi connectivity index (χ3v) is 2.62. The standard InChI is InChI=1S/C13H9N3O5/c17-12(8-2-1-3-9(6-8)16(20)21)15-11-7-14-5-4-10(11)13(18)19/h1-7H,(H,15,17)(H,18,19). The zero-order valence-electron chi connectivity index (χ0n) is 10.5. The summed E-state index contributed by atoms with van der Waals surface area (Å²) in [5.74, 6) is -1.87. The van der Waals surface area contributed by atoms with Crippen molar-refractivity contribution in [2.75, 3.05) is 5.32 Å². The van der Waals surface area contributed by atoms with Crippen molar-refractivity contribution in [1.82, 2.24) is 4.98 Å². The van der Waals surface area contributed by atoms with Crippen LogP contribution in [-0.4, -0.2) is 26.9 Å². The number of carboxylic acids is 1. The van der Waals surface area contributed by atoms with E-state index in [1.165, 1.54) is 36.7 Å². The van der Waals surface area contributed by atoms with Crippen LogP contribution in [-0.2, 0) is 0 Å². The molecule has 0 fully saturated rings. The van der Waals surface area contributed by atoms with Gasteiger partial charge in [0.05, 0.1) is 22.4 Å². The molecule has 0 aliphatic heterocycles. The Bertz CT molecular complexity index is 729. The number of anilines is 1. The Labute approximate surface area is 118 Å². The maximum Gasteiger partial charge on any atom is 0.337 e. The zero-order valence-corrected chi connectivity index (χ0v) is 10.5. The maximum atomic E-state index is 12.0. The first-order valence-electron chi connectivity index (χ1n) is 5.72. The second kappa shape index (κ2) is 5.78. The van der Waals surface area contributed by atoms with Crippen molar-refractivity contribution in [1.29, 1.82) is 0 Å². The number of nitro benzene ring substituents is 1. The van der Waals surface area contributed by atoms with Crippen LogP contribution in [0.15, 0.2) is 42.7 Å². The molecule has 0 aliphatic carbocycles. The SMILES string of the molecule is O=C(Nc1cnccc1C(=O)O)c1cccc([N+](=O)[O-])c1. The summed E-state index contributed by atoms with van der Waals surface area (Å²) in [6, 6.07) is 6.36. The minimum Gasteiger partial charge on any atom is -0.478 e. The molecule has 0 bridgehead atoms. The van der Waals surface area contributed by atoms with Crippen molar-refractivity contribution < 1.29 is 19.6 Å². The molecule has 2 aromatic rings. The molecule has 0 saturated carbocycles. The van der Waals surface area contributed by atoms with Crippen molar-refractivity contribution in [3.8, 4) is 0 Å². The molecule has 2 rings (SSSR count). The summed E-state index contributed by atoms with van der Waals surface area (Å²) < 4.78 is 0. The Kier molecular flexibility index (Phi) is 3.89. The van der Waals surface area contributed by atoms with Crippen LogP contribution in [0.3, 0.4) is 0 Å². The van der Waals surface area contributed by atoms with E-state index >= 15 is 0 Å². The van der Waals surface area contributed by atoms with E-state index in [2.05, 4.69) is 10.3 Å². The van der Waals surface area contributed by atoms with E-state index in [1.807, 2.05) is 0 Å². The molecule has 0 radical (unpaired) electrons. The number of nitro groups is 1. The van der Waals surface area contributed by atoms with Crippen LogP contribution < -0.4 is 5.32 Å². The molecule has 0 spiro atoms. The maximum absolute atomic E-state index is 12.0. The number of nitrogens with zero attached hydrogens (tertiary/aromatic N) is 2. The lowest BCUT2D eigenvalue weighted by atomic mass is 10.1. The number of benzene rings is 1. The average molecular weight is 287 g/mol. The number of rotatable bonds is 4. The van der Waals surface area contributed by atoms with Crippen molar-refractivity contribution >= 4 is 23.3 Å². The highest BCUT2D eigenvalue weighted by Crippen LogP contribution is 2.17. The topological polar surface area (TPSA) is 122 Å². The van der Waals surface area contributed by atoms with Crippen LogP contribution in [0.5, 0.6) is 0 Å². The van der Waals surface area contributed by atoms with Crippen LogP contribution in [0.1, 0.15) is 20.7 Å². The molecule has 1 amide bonds. The van der Waals surface area contributed by atoms with Crippen LogP contribution >= 0.6 is 0 Å². The molecular weight excluding hydrogens is 278 g/mol. The van der Waals surface area contributed by atoms with Gasteiger partial charge >= 0.3 is 5.97 Å². The number of carboxylic acid groups (broad SMARTS) is 1. The highest BCUT2D eigenvalue weighted by molar-refractivity contribution is 6.07. The van der Waals surface area contributed by atoms with Crippen LogP contribution in [0.2, 0.25) is 0 Å². The number of carbonyl (C=O) groups is 2. The van der Waals surface area contributed by atoms with Gasteiger partial charge in [0.15, 0.2) is 0 Å². The lowest BCUT2D eigenvalue weighted by Gasteiger charge is -2.07. The Morgan fingerprint density at radius 3 is 2.71 bits per heavy atom. The Morgan fingerprint density at radius 1 is 1.29 bits per heavy atom. The first-order chi connectivity index (χ1) is 9.99. The molecule has 0 atom stereocenters. The van der Waals surface area contributed by atoms with Gasteiger partial charge in [0.1, 0.15) is 0 Å². The number of nitrogens with one attached hydrogen (secondary N) is 1. The summed E-state index contributed by atoms with van der Waals surface area (Å²) in [5.41, 5.74) is -0.290. The number of hydrogen-bond acceptors (Lipinski definition) is 5. The summed E-state index contributed by atoms with van der Waals surface area (Å²) in [6.45, 7) is 0. The number of aromatic nitrogens is 1. The Balaban J connectivity index is 2.28. The Morgan fingerprint density at radius 2 is 2.05 bits per heavy atom. The molecule has 2 N–H and O–H groups in total. The highest BCUT2D eigenvalue weighted by atomic mass is 16.6. The van der Waals surface area contributed by atoms with E-state index in [-0.39, 0.29) is 22.5 Å². The van der Waals surface area contributed by atoms with Crippen LogP contribution in [0.25, 0.3) is 0 Å². The van der Waals surface area contributed by atoms with E-state index in [1.54, 1.807) is 0 Å². The predicted octanol–water partition coefficient (Wildman–Crippen LogP) is 1.94. The molecule has 1 aromatic carbocycles. The van der Waals surface area contributed by atoms with E-state index in [9.17, 15) is 19.7 Å². The fraction of sp³-hybridized carbons (Fsp3) is 0. The Hall–Kier alpha value is -3.29. The number of hydrogen-bond donors (Lipinski definition) is 2. The molecule has 21 heavy (non-hydrogen) atoms. The average Bonchev–Trinajstić information content (AvgIpc) is 2.47. The highest BCUT2D eigenvalue weighted by Gasteiger charge is 2.15. The molecule has 1 aromatic heterocycles. The quantitative estimate of drug-likeness (QED) is 0.654. The number of non-ortho nitro benzene ring substituents is 1. The summed E-state index contributed by atoms with van der Waals surface area (Å²) in [4.78, 5) is 36.8. The second-order valence-corrected chi connectivity index (χ2v) is 3.99. The minimum atomic E-state index is -1.22. The van der Waals surface area contributed by atoms with Gasteiger partial charge < -0.3 is 10.4 Å². The lowest BCUT2D eigenvalue weighted by molar-refractivity contribution is -0.384. The molecule has 1 heterocycles. The smallest absolute Gasteiger partial charge is 0.337 e. The van der Waals surface area contributed by atoms with Crippen LogP contribution in [0, 0.1) is 10.1 Å². The third-order valence-electron chi connectivity index (χ3n) is 2.62. The summed E-state index contributed by atoms with van der Waals surface area (Å²) >= 11 is 0. The fourth-order valence-corrected chi connectivity index (χ4v) is 1.64. The molecule has 0 unspecified atom stereocenters. The van der Waals surface area contributed by atoms with Gasteiger partial charge in [-0.1, -0.05) is 6.07 Å². The van der Waals surface area contributed by atoms with E-state index in [0.717, 1.165) is 6.07 Å². The largest absolute Gasteiger partial charge is 0.478 e. The first kappa shape index (κ1) is 14.1. The predicted molar refractivity (Wildman–Crippen MR) is 72.2 cm³/mol. The summed E-state index contributed by atoms with van der Waals surface area (Å²) in [7, 11) is 0. The summed E-state index contributed by atoms with van der Waals surface area (Å²) in [6.07, 6.45) is 2.48. The van der Waals surface area contributed by atoms with Gasteiger partial charge in [0, 0.05) is 23.9 Å². The van der Waals surface area contributed by atoms with Gasteiger partial charge in [-0.05, 0) is 12.1 Å². The van der Waals surface area contributed by atoms with Gasteiger partial charge in [-0.25, -0.2) is 4.79 Å². The van der Waals surface area contributed by atoms with E-state index < -0.39 is 16.8 Å². The van der Waals surface area contributed by atoms with Gasteiger partial charge in [-0.15, -0.1) is 0 Å². The first-order valence-corrected chi connectivity index (χ1v) is 5.72. The van der Waals surface area contributed by atoms with Crippen molar-refractivity contribution in [3.63, 3.8) is 0 Å². The van der Waals surface area contributed by atoms with Gasteiger partial charge in [0.2, 0.25) is 0 Å². The normalized spacial score (nSPS) is 9.90. The number of carbonyl (C=O) groups excluding carboxylic acids is 1. The molecule has 8 nitrogen and oxygen atoms in total. The number of amides is 1. The second-order valence-electron chi connectivity index (χ2n) is 3.99. The fourth-order valence-electron chi connectivity index (χ4n) is 1.64. The van der Waals surface area contributed by atoms with Crippen molar-refractivity contribution in [2.24, 2.45) is 0 Å². The third kappa shape index (κ3) is 3.18. The lowest BCUT2D eigenvalue weighted by Crippen LogP contribution is -2.15. The van der Waals surface area contributed by atoms with E-state index in [4.69, 9.17) is 5.11 Å². The van der Waals surface area contributed by atoms with Crippen LogP contribution in [0.4, 0.5) is 11.4 Å². The summed E-state index contributed by atoms with van der Waals surface area (Å²) in [5, 5.41) is 22.0. The van der Waals surface area contributed by atoms with Crippen molar-refractivity contribution in [3.05, 3.63) is 64.0 Å².